The number of hydrogen-bond donors (Lipinski definition) is 2. The summed E-state index contributed by atoms with van der Waals surface area (Å²) in [5.41, 5.74) is 3.10. The Bertz CT molecular complexity index is 1360. The second-order valence-corrected chi connectivity index (χ2v) is 8.77. The number of aryl methyl sites for hydroxylation is 2. The van der Waals surface area contributed by atoms with Crippen molar-refractivity contribution in [2.75, 3.05) is 11.4 Å². The summed E-state index contributed by atoms with van der Waals surface area (Å²) in [4.78, 5) is 31.3. The van der Waals surface area contributed by atoms with Crippen LogP contribution in [0.4, 0.5) is 5.69 Å². The molecule has 33 heavy (non-hydrogen) atoms. The number of amides is 1. The van der Waals surface area contributed by atoms with E-state index in [9.17, 15) is 14.7 Å². The molecule has 2 N–H and O–H groups in total. The van der Waals surface area contributed by atoms with Gasteiger partial charge in [-0.05, 0) is 43.5 Å². The second kappa shape index (κ2) is 8.34. The SMILES string of the molecule is Cc1cccc(C(=O)CC2(O)C(=O)N(CCCc3c[nH]c4ccccc34)c3ccccc32)c1. The Labute approximate surface area is 192 Å². The van der Waals surface area contributed by atoms with Gasteiger partial charge in [0.1, 0.15) is 0 Å². The van der Waals surface area contributed by atoms with Gasteiger partial charge >= 0.3 is 0 Å². The summed E-state index contributed by atoms with van der Waals surface area (Å²) in [6.45, 7) is 2.38. The fraction of sp³-hybridized carbons (Fsp3) is 0.214. The number of carbonyl (C=O) groups excluding carboxylic acids is 2. The molecule has 5 heteroatoms. The number of hydrogen-bond acceptors (Lipinski definition) is 3. The number of H-pyrrole nitrogens is 1. The maximum absolute atomic E-state index is 13.4. The highest BCUT2D eigenvalue weighted by Crippen LogP contribution is 2.43. The second-order valence-electron chi connectivity index (χ2n) is 8.77. The quantitative estimate of drug-likeness (QED) is 0.403. The number of para-hydroxylation sites is 2. The lowest BCUT2D eigenvalue weighted by atomic mass is 9.88. The molecule has 3 aromatic carbocycles. The summed E-state index contributed by atoms with van der Waals surface area (Å²) >= 11 is 0. The van der Waals surface area contributed by atoms with Gasteiger partial charge in [0.15, 0.2) is 11.4 Å². The van der Waals surface area contributed by atoms with Crippen molar-refractivity contribution in [2.45, 2.75) is 31.8 Å². The Balaban J connectivity index is 1.36. The van der Waals surface area contributed by atoms with Crippen LogP contribution in [0.15, 0.2) is 79.0 Å². The van der Waals surface area contributed by atoms with Crippen LogP contribution >= 0.6 is 0 Å². The molecule has 1 aliphatic rings. The van der Waals surface area contributed by atoms with Gasteiger partial charge < -0.3 is 15.0 Å². The molecule has 5 rings (SSSR count). The highest BCUT2D eigenvalue weighted by atomic mass is 16.3. The van der Waals surface area contributed by atoms with E-state index >= 15 is 0 Å². The fourth-order valence-corrected chi connectivity index (χ4v) is 4.82. The van der Waals surface area contributed by atoms with E-state index in [1.807, 2.05) is 55.6 Å². The van der Waals surface area contributed by atoms with E-state index in [0.29, 0.717) is 23.4 Å². The Kier molecular flexibility index (Phi) is 5.35. The number of aromatic amines is 1. The smallest absolute Gasteiger partial charge is 0.264 e. The third kappa shape index (κ3) is 3.74. The average Bonchev–Trinajstić information content (AvgIpc) is 3.32. The molecule has 0 radical (unpaired) electrons. The number of ketones is 1. The maximum atomic E-state index is 13.4. The normalized spacial score (nSPS) is 17.5. The van der Waals surface area contributed by atoms with Gasteiger partial charge in [-0.1, -0.05) is 60.2 Å². The number of fused-ring (bicyclic) bond motifs is 2. The largest absolute Gasteiger partial charge is 0.375 e. The topological polar surface area (TPSA) is 73.4 Å². The lowest BCUT2D eigenvalue weighted by molar-refractivity contribution is -0.135. The zero-order valence-electron chi connectivity index (χ0n) is 18.5. The molecule has 5 nitrogen and oxygen atoms in total. The first-order valence-corrected chi connectivity index (χ1v) is 11.3. The summed E-state index contributed by atoms with van der Waals surface area (Å²) in [7, 11) is 0. The lowest BCUT2D eigenvalue weighted by Gasteiger charge is -2.23. The molecule has 0 spiro atoms. The minimum absolute atomic E-state index is 0.245. The molecular weight excluding hydrogens is 412 g/mol. The first kappa shape index (κ1) is 21.2. The summed E-state index contributed by atoms with van der Waals surface area (Å²) in [6.07, 6.45) is 3.28. The van der Waals surface area contributed by atoms with Crippen LogP contribution in [0.2, 0.25) is 0 Å². The fourth-order valence-electron chi connectivity index (χ4n) is 4.82. The summed E-state index contributed by atoms with van der Waals surface area (Å²) in [5, 5.41) is 12.7. The Morgan fingerprint density at radius 2 is 1.82 bits per heavy atom. The zero-order chi connectivity index (χ0) is 23.0. The number of anilines is 1. The molecule has 4 aromatic rings. The number of rotatable bonds is 7. The van der Waals surface area contributed by atoms with Crippen LogP contribution in [-0.2, 0) is 16.8 Å². The first-order valence-electron chi connectivity index (χ1n) is 11.3. The van der Waals surface area contributed by atoms with Gasteiger partial charge in [-0.15, -0.1) is 0 Å². The van der Waals surface area contributed by atoms with E-state index in [1.54, 1.807) is 29.2 Å². The van der Waals surface area contributed by atoms with Gasteiger partial charge in [0, 0.05) is 34.8 Å². The molecule has 0 saturated carbocycles. The molecule has 0 bridgehead atoms. The monoisotopic (exact) mass is 438 g/mol. The summed E-state index contributed by atoms with van der Waals surface area (Å²) in [5.74, 6) is -0.673. The van der Waals surface area contributed by atoms with Crippen LogP contribution in [0.3, 0.4) is 0 Å². The first-order chi connectivity index (χ1) is 16.0. The molecular formula is C28H26N2O3. The number of aromatic nitrogens is 1. The minimum atomic E-state index is -1.85. The van der Waals surface area contributed by atoms with Gasteiger partial charge in [-0.25, -0.2) is 0 Å². The third-order valence-electron chi connectivity index (χ3n) is 6.50. The average molecular weight is 439 g/mol. The van der Waals surface area contributed by atoms with Crippen LogP contribution in [0.1, 0.15) is 39.9 Å². The number of benzene rings is 3. The van der Waals surface area contributed by atoms with Gasteiger partial charge in [0.2, 0.25) is 0 Å². The van der Waals surface area contributed by atoms with Crippen LogP contribution in [-0.4, -0.2) is 28.3 Å². The third-order valence-corrected chi connectivity index (χ3v) is 6.50. The molecule has 0 saturated heterocycles. The van der Waals surface area contributed by atoms with E-state index < -0.39 is 11.5 Å². The van der Waals surface area contributed by atoms with Gasteiger partial charge in [-0.2, -0.15) is 0 Å². The van der Waals surface area contributed by atoms with Crippen LogP contribution < -0.4 is 4.90 Å². The predicted molar refractivity (Wildman–Crippen MR) is 129 cm³/mol. The highest BCUT2D eigenvalue weighted by molar-refractivity contribution is 6.10. The standard InChI is InChI=1S/C28H26N2O3/c1-19-8-6-9-20(16-19)26(31)17-28(33)23-12-3-5-14-25(23)30(27(28)32)15-7-10-21-18-29-24-13-4-2-11-22(21)24/h2-6,8-9,11-14,16,18,29,33H,7,10,15,17H2,1H3. The molecule has 1 atom stereocenters. The van der Waals surface area contributed by atoms with Crippen molar-refractivity contribution in [1.82, 2.24) is 4.98 Å². The van der Waals surface area contributed by atoms with Crippen LogP contribution in [0, 0.1) is 6.92 Å². The Morgan fingerprint density at radius 1 is 1.03 bits per heavy atom. The van der Waals surface area contributed by atoms with Crippen molar-refractivity contribution in [3.05, 3.63) is 101 Å². The van der Waals surface area contributed by atoms with E-state index in [4.69, 9.17) is 0 Å². The zero-order valence-corrected chi connectivity index (χ0v) is 18.5. The molecule has 1 unspecified atom stereocenters. The maximum Gasteiger partial charge on any atom is 0.264 e. The van der Waals surface area contributed by atoms with E-state index in [2.05, 4.69) is 11.1 Å². The van der Waals surface area contributed by atoms with E-state index in [0.717, 1.165) is 23.9 Å². The number of nitrogens with zero attached hydrogens (tertiary/aromatic N) is 1. The molecule has 1 aromatic heterocycles. The van der Waals surface area contributed by atoms with Crippen molar-refractivity contribution < 1.29 is 14.7 Å². The van der Waals surface area contributed by atoms with Crippen molar-refractivity contribution in [3.63, 3.8) is 0 Å². The molecule has 1 aliphatic heterocycles. The number of Topliss-reactive ketones (excluding diaryl/α,β-unsaturated/α-hetero) is 1. The molecule has 1 amide bonds. The summed E-state index contributed by atoms with van der Waals surface area (Å²) < 4.78 is 0. The highest BCUT2D eigenvalue weighted by Gasteiger charge is 2.50. The predicted octanol–water partition coefficient (Wildman–Crippen LogP) is 4.92. The Morgan fingerprint density at radius 3 is 2.67 bits per heavy atom. The number of carbonyl (C=O) groups is 2. The van der Waals surface area contributed by atoms with E-state index in [1.165, 1.54) is 10.9 Å². The van der Waals surface area contributed by atoms with Gasteiger partial charge in [-0.3, -0.25) is 9.59 Å². The van der Waals surface area contributed by atoms with Gasteiger partial charge in [0.05, 0.1) is 12.1 Å². The minimum Gasteiger partial charge on any atom is -0.375 e. The van der Waals surface area contributed by atoms with Crippen molar-refractivity contribution in [2.24, 2.45) is 0 Å². The van der Waals surface area contributed by atoms with Crippen molar-refractivity contribution in [1.29, 1.82) is 0 Å². The van der Waals surface area contributed by atoms with Gasteiger partial charge in [0.25, 0.3) is 5.91 Å². The molecule has 0 aliphatic carbocycles. The van der Waals surface area contributed by atoms with Crippen molar-refractivity contribution >= 4 is 28.3 Å². The number of aliphatic hydroxyl groups is 1. The summed E-state index contributed by atoms with van der Waals surface area (Å²) in [6, 6.07) is 22.6. The molecule has 0 fully saturated rings. The number of nitrogens with one attached hydrogen (secondary N) is 1. The molecule has 2 heterocycles. The van der Waals surface area contributed by atoms with Crippen LogP contribution in [0.5, 0.6) is 0 Å². The van der Waals surface area contributed by atoms with E-state index in [-0.39, 0.29) is 12.2 Å². The lowest BCUT2D eigenvalue weighted by Crippen LogP contribution is -2.42. The van der Waals surface area contributed by atoms with Crippen LogP contribution in [0.25, 0.3) is 10.9 Å². The van der Waals surface area contributed by atoms with Crippen molar-refractivity contribution in [3.8, 4) is 0 Å². The molecule has 166 valence electrons. The Hall–Kier alpha value is -3.70.